The van der Waals surface area contributed by atoms with Crippen LogP contribution in [0, 0.1) is 17.1 Å². The molecule has 6 heteroatoms. The van der Waals surface area contributed by atoms with Gasteiger partial charge < -0.3 is 10.6 Å². The second-order valence-electron chi connectivity index (χ2n) is 5.06. The van der Waals surface area contributed by atoms with Crippen LogP contribution < -0.4 is 10.6 Å². The van der Waals surface area contributed by atoms with Crippen LogP contribution in [0.4, 0.5) is 21.8 Å². The monoisotopic (exact) mass is 319 g/mol. The van der Waals surface area contributed by atoms with Crippen LogP contribution in [0.1, 0.15) is 11.1 Å². The molecular formula is C18H14FN5. The minimum atomic E-state index is -0.255. The molecule has 0 aliphatic rings. The molecular weight excluding hydrogens is 305 g/mol. The molecule has 118 valence electrons. The Balaban J connectivity index is 1.65. The number of aromatic nitrogens is 2. The van der Waals surface area contributed by atoms with Gasteiger partial charge >= 0.3 is 0 Å². The smallest absolute Gasteiger partial charge is 0.229 e. The van der Waals surface area contributed by atoms with Crippen LogP contribution in [-0.2, 0) is 6.54 Å². The maximum absolute atomic E-state index is 12.9. The van der Waals surface area contributed by atoms with E-state index in [0.717, 1.165) is 11.3 Å². The van der Waals surface area contributed by atoms with E-state index in [1.807, 2.05) is 0 Å². The van der Waals surface area contributed by atoms with Crippen molar-refractivity contribution in [2.24, 2.45) is 0 Å². The maximum atomic E-state index is 12.9. The van der Waals surface area contributed by atoms with E-state index in [1.165, 1.54) is 12.1 Å². The van der Waals surface area contributed by atoms with E-state index in [4.69, 9.17) is 5.26 Å². The van der Waals surface area contributed by atoms with Gasteiger partial charge in [-0.05, 0) is 48.0 Å². The van der Waals surface area contributed by atoms with Gasteiger partial charge in [0, 0.05) is 18.4 Å². The van der Waals surface area contributed by atoms with Crippen molar-refractivity contribution in [1.29, 1.82) is 5.26 Å². The van der Waals surface area contributed by atoms with Gasteiger partial charge in [0.25, 0.3) is 0 Å². The molecule has 2 aromatic carbocycles. The van der Waals surface area contributed by atoms with Crippen LogP contribution in [-0.4, -0.2) is 9.97 Å². The molecule has 0 aliphatic carbocycles. The molecule has 0 saturated heterocycles. The summed E-state index contributed by atoms with van der Waals surface area (Å²) in [5, 5.41) is 15.0. The van der Waals surface area contributed by atoms with E-state index in [-0.39, 0.29) is 5.82 Å². The Kier molecular flexibility index (Phi) is 4.63. The van der Waals surface area contributed by atoms with Crippen LogP contribution in [0.2, 0.25) is 0 Å². The molecule has 3 aromatic rings. The number of rotatable bonds is 5. The molecule has 0 amide bonds. The molecule has 0 radical (unpaired) electrons. The van der Waals surface area contributed by atoms with E-state index < -0.39 is 0 Å². The fraction of sp³-hybridized carbons (Fsp3) is 0.0556. The summed E-state index contributed by atoms with van der Waals surface area (Å²) in [6.07, 6.45) is 1.64. The Morgan fingerprint density at radius 1 is 1.00 bits per heavy atom. The zero-order valence-corrected chi connectivity index (χ0v) is 12.7. The molecule has 3 rings (SSSR count). The Labute approximate surface area is 138 Å². The Morgan fingerprint density at radius 2 is 1.75 bits per heavy atom. The van der Waals surface area contributed by atoms with Crippen molar-refractivity contribution in [1.82, 2.24) is 9.97 Å². The second kappa shape index (κ2) is 7.20. The average Bonchev–Trinajstić information content (AvgIpc) is 2.62. The lowest BCUT2D eigenvalue weighted by atomic mass is 10.2. The minimum absolute atomic E-state index is 0.255. The van der Waals surface area contributed by atoms with Crippen molar-refractivity contribution in [2.45, 2.75) is 6.54 Å². The quantitative estimate of drug-likeness (QED) is 0.747. The highest BCUT2D eigenvalue weighted by molar-refractivity contribution is 5.56. The molecule has 0 fully saturated rings. The molecule has 0 atom stereocenters. The van der Waals surface area contributed by atoms with Crippen molar-refractivity contribution in [3.63, 3.8) is 0 Å². The van der Waals surface area contributed by atoms with Crippen molar-refractivity contribution >= 4 is 17.5 Å². The first-order chi connectivity index (χ1) is 11.7. The summed E-state index contributed by atoms with van der Waals surface area (Å²) in [5.41, 5.74) is 2.34. The maximum Gasteiger partial charge on any atom is 0.229 e. The predicted octanol–water partition coefficient (Wildman–Crippen LogP) is 3.84. The SMILES string of the molecule is N#Cc1ccc(Nc2nccc(NCc3ccc(F)cc3)n2)cc1. The van der Waals surface area contributed by atoms with Crippen LogP contribution in [0.5, 0.6) is 0 Å². The molecule has 5 nitrogen and oxygen atoms in total. The van der Waals surface area contributed by atoms with Crippen molar-refractivity contribution < 1.29 is 4.39 Å². The van der Waals surface area contributed by atoms with Crippen molar-refractivity contribution in [3.05, 3.63) is 77.7 Å². The Morgan fingerprint density at radius 3 is 2.46 bits per heavy atom. The summed E-state index contributed by atoms with van der Waals surface area (Å²) in [5.74, 6) is 0.851. The number of hydrogen-bond donors (Lipinski definition) is 2. The predicted molar refractivity (Wildman–Crippen MR) is 90.2 cm³/mol. The molecule has 0 saturated carbocycles. The fourth-order valence-corrected chi connectivity index (χ4v) is 2.07. The van der Waals surface area contributed by atoms with E-state index in [0.29, 0.717) is 23.9 Å². The van der Waals surface area contributed by atoms with Crippen molar-refractivity contribution in [2.75, 3.05) is 10.6 Å². The van der Waals surface area contributed by atoms with Crippen LogP contribution in [0.25, 0.3) is 0 Å². The number of nitrogens with one attached hydrogen (secondary N) is 2. The standard InChI is InChI=1S/C18H14FN5/c19-15-5-1-14(2-6-15)12-22-17-9-10-21-18(24-17)23-16-7-3-13(11-20)4-8-16/h1-10H,12H2,(H2,21,22,23,24). The largest absolute Gasteiger partial charge is 0.366 e. The summed E-state index contributed by atoms with van der Waals surface area (Å²) in [6, 6.07) is 17.1. The van der Waals surface area contributed by atoms with Gasteiger partial charge in [0.15, 0.2) is 0 Å². The molecule has 0 aliphatic heterocycles. The lowest BCUT2D eigenvalue weighted by molar-refractivity contribution is 0.627. The number of hydrogen-bond acceptors (Lipinski definition) is 5. The van der Waals surface area contributed by atoms with Crippen molar-refractivity contribution in [3.8, 4) is 6.07 Å². The van der Waals surface area contributed by atoms with Gasteiger partial charge in [-0.25, -0.2) is 9.37 Å². The molecule has 1 aromatic heterocycles. The summed E-state index contributed by atoms with van der Waals surface area (Å²) >= 11 is 0. The summed E-state index contributed by atoms with van der Waals surface area (Å²) in [7, 11) is 0. The number of anilines is 3. The first-order valence-electron chi connectivity index (χ1n) is 7.31. The van der Waals surface area contributed by atoms with Gasteiger partial charge in [0.2, 0.25) is 5.95 Å². The van der Waals surface area contributed by atoms with E-state index in [1.54, 1.807) is 48.7 Å². The first kappa shape index (κ1) is 15.4. The molecule has 1 heterocycles. The third-order valence-corrected chi connectivity index (χ3v) is 3.31. The summed E-state index contributed by atoms with van der Waals surface area (Å²) < 4.78 is 12.9. The number of nitriles is 1. The molecule has 0 spiro atoms. The highest BCUT2D eigenvalue weighted by Crippen LogP contribution is 2.15. The molecule has 2 N–H and O–H groups in total. The van der Waals surface area contributed by atoms with E-state index >= 15 is 0 Å². The first-order valence-corrected chi connectivity index (χ1v) is 7.31. The zero-order valence-electron chi connectivity index (χ0n) is 12.7. The van der Waals surface area contributed by atoms with Gasteiger partial charge in [-0.2, -0.15) is 10.2 Å². The second-order valence-corrected chi connectivity index (χ2v) is 5.06. The topological polar surface area (TPSA) is 73.6 Å². The molecule has 0 bridgehead atoms. The summed E-state index contributed by atoms with van der Waals surface area (Å²) in [6.45, 7) is 0.535. The van der Waals surface area contributed by atoms with Crippen LogP contribution >= 0.6 is 0 Å². The Bertz CT molecular complexity index is 854. The Hall–Kier alpha value is -3.46. The van der Waals surface area contributed by atoms with E-state index in [2.05, 4.69) is 26.7 Å². The fourth-order valence-electron chi connectivity index (χ4n) is 2.07. The van der Waals surface area contributed by atoms with Gasteiger partial charge in [-0.1, -0.05) is 12.1 Å². The van der Waals surface area contributed by atoms with Gasteiger partial charge in [-0.3, -0.25) is 0 Å². The normalized spacial score (nSPS) is 10.0. The summed E-state index contributed by atoms with van der Waals surface area (Å²) in [4.78, 5) is 8.54. The molecule has 0 unspecified atom stereocenters. The lowest BCUT2D eigenvalue weighted by Crippen LogP contribution is -2.04. The van der Waals surface area contributed by atoms with Crippen LogP contribution in [0.3, 0.4) is 0 Å². The highest BCUT2D eigenvalue weighted by Gasteiger charge is 2.01. The third-order valence-electron chi connectivity index (χ3n) is 3.31. The molecule has 24 heavy (non-hydrogen) atoms. The zero-order chi connectivity index (χ0) is 16.8. The number of benzene rings is 2. The average molecular weight is 319 g/mol. The lowest BCUT2D eigenvalue weighted by Gasteiger charge is -2.08. The number of halogens is 1. The van der Waals surface area contributed by atoms with Gasteiger partial charge in [0.1, 0.15) is 11.6 Å². The minimum Gasteiger partial charge on any atom is -0.366 e. The number of nitrogens with zero attached hydrogens (tertiary/aromatic N) is 3. The third kappa shape index (κ3) is 4.05. The van der Waals surface area contributed by atoms with E-state index in [9.17, 15) is 4.39 Å². The van der Waals surface area contributed by atoms with Crippen LogP contribution in [0.15, 0.2) is 60.8 Å². The highest BCUT2D eigenvalue weighted by atomic mass is 19.1. The van der Waals surface area contributed by atoms with Gasteiger partial charge in [-0.15, -0.1) is 0 Å². The van der Waals surface area contributed by atoms with Gasteiger partial charge in [0.05, 0.1) is 11.6 Å².